The van der Waals surface area contributed by atoms with Gasteiger partial charge in [-0.15, -0.1) is 24.0 Å². The SMILES string of the molecule is CCNC(=NCC1CCCN(C(=O)OC(C)(C)C)C1)N1CCOC(C2CCCO2)C1.I. The normalized spacial score (nSPS) is 27.6. The average molecular weight is 552 g/mol. The van der Waals surface area contributed by atoms with Crippen LogP contribution in [0.25, 0.3) is 0 Å². The number of carbonyl (C=O) groups excluding carboxylic acids is 1. The number of guanidine groups is 1. The van der Waals surface area contributed by atoms with Gasteiger partial charge in [-0.05, 0) is 59.3 Å². The zero-order valence-corrected chi connectivity index (χ0v) is 21.9. The summed E-state index contributed by atoms with van der Waals surface area (Å²) in [5, 5.41) is 3.44. The van der Waals surface area contributed by atoms with Crippen LogP contribution in [0.15, 0.2) is 4.99 Å². The first kappa shape index (κ1) is 26.4. The van der Waals surface area contributed by atoms with Gasteiger partial charge in [0.1, 0.15) is 11.7 Å². The van der Waals surface area contributed by atoms with Crippen molar-refractivity contribution in [1.82, 2.24) is 15.1 Å². The molecule has 0 aromatic heterocycles. The fraction of sp³-hybridized carbons (Fsp3) is 0.909. The molecule has 0 aliphatic carbocycles. The van der Waals surface area contributed by atoms with E-state index < -0.39 is 5.60 Å². The van der Waals surface area contributed by atoms with Gasteiger partial charge in [-0.3, -0.25) is 4.99 Å². The van der Waals surface area contributed by atoms with Crippen molar-refractivity contribution in [3.63, 3.8) is 0 Å². The Balaban J connectivity index is 0.00000341. The molecule has 9 heteroatoms. The lowest BCUT2D eigenvalue weighted by Crippen LogP contribution is -2.53. The Morgan fingerprint density at radius 3 is 2.52 bits per heavy atom. The van der Waals surface area contributed by atoms with Crippen molar-refractivity contribution in [2.75, 3.05) is 52.5 Å². The van der Waals surface area contributed by atoms with Crippen LogP contribution in [0.5, 0.6) is 0 Å². The van der Waals surface area contributed by atoms with E-state index in [1.165, 1.54) is 0 Å². The molecule has 0 spiro atoms. The molecule has 1 amide bonds. The van der Waals surface area contributed by atoms with E-state index in [-0.39, 0.29) is 42.3 Å². The van der Waals surface area contributed by atoms with Crippen LogP contribution in [0.2, 0.25) is 0 Å². The van der Waals surface area contributed by atoms with E-state index in [0.717, 1.165) is 64.4 Å². The van der Waals surface area contributed by atoms with E-state index in [1.807, 2.05) is 25.7 Å². The van der Waals surface area contributed by atoms with Gasteiger partial charge in [0, 0.05) is 45.9 Å². The first-order chi connectivity index (χ1) is 14.4. The molecule has 3 saturated heterocycles. The largest absolute Gasteiger partial charge is 0.444 e. The Morgan fingerprint density at radius 1 is 1.06 bits per heavy atom. The molecule has 3 unspecified atom stereocenters. The number of hydrogen-bond donors (Lipinski definition) is 1. The number of rotatable bonds is 4. The summed E-state index contributed by atoms with van der Waals surface area (Å²) in [5.74, 6) is 1.30. The molecular formula is C22H41IN4O4. The highest BCUT2D eigenvalue weighted by Gasteiger charge is 2.32. The first-order valence-electron chi connectivity index (χ1n) is 11.6. The van der Waals surface area contributed by atoms with Gasteiger partial charge >= 0.3 is 6.09 Å². The maximum atomic E-state index is 12.4. The second-order valence-electron chi connectivity index (χ2n) is 9.54. The number of piperidine rings is 1. The monoisotopic (exact) mass is 552 g/mol. The van der Waals surface area contributed by atoms with Crippen molar-refractivity contribution in [2.45, 2.75) is 71.2 Å². The number of hydrogen-bond acceptors (Lipinski definition) is 5. The molecule has 3 atom stereocenters. The Kier molecular flexibility index (Phi) is 10.6. The van der Waals surface area contributed by atoms with Gasteiger partial charge in [0.25, 0.3) is 0 Å². The van der Waals surface area contributed by atoms with Gasteiger partial charge in [0.15, 0.2) is 5.96 Å². The minimum Gasteiger partial charge on any atom is -0.444 e. The molecule has 0 aromatic rings. The summed E-state index contributed by atoms with van der Waals surface area (Å²) in [5.41, 5.74) is -0.462. The molecule has 0 bridgehead atoms. The summed E-state index contributed by atoms with van der Waals surface area (Å²) in [6, 6.07) is 0. The predicted octanol–water partition coefficient (Wildman–Crippen LogP) is 3.10. The fourth-order valence-electron chi connectivity index (χ4n) is 4.34. The Bertz CT molecular complexity index is 593. The van der Waals surface area contributed by atoms with Crippen LogP contribution in [0.1, 0.15) is 53.4 Å². The number of morpholine rings is 1. The van der Waals surface area contributed by atoms with Gasteiger partial charge in [0.2, 0.25) is 0 Å². The standard InChI is InChI=1S/C22H40N4O4.HI/c1-5-23-20(25-11-13-29-19(16-25)18-9-7-12-28-18)24-14-17-8-6-10-26(15-17)21(27)30-22(2,3)4;/h17-19H,5-16H2,1-4H3,(H,23,24);1H. The summed E-state index contributed by atoms with van der Waals surface area (Å²) in [4.78, 5) is 21.5. The maximum Gasteiger partial charge on any atom is 0.410 e. The van der Waals surface area contributed by atoms with Crippen molar-refractivity contribution in [3.05, 3.63) is 0 Å². The van der Waals surface area contributed by atoms with Crippen molar-refractivity contribution in [2.24, 2.45) is 10.9 Å². The smallest absolute Gasteiger partial charge is 0.410 e. The van der Waals surface area contributed by atoms with Crippen LogP contribution in [0, 0.1) is 5.92 Å². The van der Waals surface area contributed by atoms with Crippen molar-refractivity contribution >= 4 is 36.0 Å². The molecule has 0 radical (unpaired) electrons. The molecule has 31 heavy (non-hydrogen) atoms. The molecule has 3 aliphatic heterocycles. The Labute approximate surface area is 204 Å². The molecule has 8 nitrogen and oxygen atoms in total. The molecule has 0 aromatic carbocycles. The van der Waals surface area contributed by atoms with E-state index in [0.29, 0.717) is 25.6 Å². The molecule has 1 N–H and O–H groups in total. The lowest BCUT2D eigenvalue weighted by atomic mass is 9.98. The minimum absolute atomic E-state index is 0. The molecule has 180 valence electrons. The third kappa shape index (κ3) is 8.24. The third-order valence-electron chi connectivity index (χ3n) is 5.78. The van der Waals surface area contributed by atoms with Crippen molar-refractivity contribution in [1.29, 1.82) is 0 Å². The number of carbonyl (C=O) groups is 1. The molecule has 3 heterocycles. The Hall–Kier alpha value is -0.810. The Morgan fingerprint density at radius 2 is 1.84 bits per heavy atom. The lowest BCUT2D eigenvalue weighted by Gasteiger charge is -2.37. The minimum atomic E-state index is -0.462. The second-order valence-corrected chi connectivity index (χ2v) is 9.54. The summed E-state index contributed by atoms with van der Waals surface area (Å²) >= 11 is 0. The van der Waals surface area contributed by atoms with Crippen LogP contribution in [0.4, 0.5) is 4.79 Å². The van der Waals surface area contributed by atoms with Crippen LogP contribution >= 0.6 is 24.0 Å². The summed E-state index contributed by atoms with van der Waals surface area (Å²) < 4.78 is 17.4. The topological polar surface area (TPSA) is 75.6 Å². The van der Waals surface area contributed by atoms with Crippen LogP contribution in [0.3, 0.4) is 0 Å². The van der Waals surface area contributed by atoms with E-state index in [9.17, 15) is 4.79 Å². The molecular weight excluding hydrogens is 511 g/mol. The van der Waals surface area contributed by atoms with Gasteiger partial charge in [-0.1, -0.05) is 0 Å². The highest BCUT2D eigenvalue weighted by atomic mass is 127. The number of amides is 1. The first-order valence-corrected chi connectivity index (χ1v) is 11.6. The molecule has 3 rings (SSSR count). The van der Waals surface area contributed by atoms with E-state index in [1.54, 1.807) is 0 Å². The zero-order chi connectivity index (χ0) is 21.6. The van der Waals surface area contributed by atoms with E-state index >= 15 is 0 Å². The van der Waals surface area contributed by atoms with Gasteiger partial charge in [-0.25, -0.2) is 4.79 Å². The number of likely N-dealkylation sites (tertiary alicyclic amines) is 1. The van der Waals surface area contributed by atoms with E-state index in [2.05, 4.69) is 17.1 Å². The lowest BCUT2D eigenvalue weighted by molar-refractivity contribution is -0.0817. The number of aliphatic imine (C=N–C) groups is 1. The third-order valence-corrected chi connectivity index (χ3v) is 5.78. The zero-order valence-electron chi connectivity index (χ0n) is 19.6. The van der Waals surface area contributed by atoms with Crippen LogP contribution < -0.4 is 5.32 Å². The number of nitrogens with one attached hydrogen (secondary N) is 1. The highest BCUT2D eigenvalue weighted by molar-refractivity contribution is 14.0. The second kappa shape index (κ2) is 12.4. The van der Waals surface area contributed by atoms with Crippen molar-refractivity contribution < 1.29 is 19.0 Å². The molecule has 3 aliphatic rings. The van der Waals surface area contributed by atoms with Crippen LogP contribution in [-0.2, 0) is 14.2 Å². The van der Waals surface area contributed by atoms with Crippen LogP contribution in [-0.4, -0.2) is 92.1 Å². The van der Waals surface area contributed by atoms with Gasteiger partial charge in [-0.2, -0.15) is 0 Å². The predicted molar refractivity (Wildman–Crippen MR) is 132 cm³/mol. The molecule has 0 saturated carbocycles. The van der Waals surface area contributed by atoms with Crippen molar-refractivity contribution in [3.8, 4) is 0 Å². The van der Waals surface area contributed by atoms with Gasteiger partial charge < -0.3 is 29.3 Å². The maximum absolute atomic E-state index is 12.4. The van der Waals surface area contributed by atoms with E-state index in [4.69, 9.17) is 19.2 Å². The highest BCUT2D eigenvalue weighted by Crippen LogP contribution is 2.22. The number of nitrogens with zero attached hydrogens (tertiary/aromatic N) is 3. The fourth-order valence-corrected chi connectivity index (χ4v) is 4.34. The summed E-state index contributed by atoms with van der Waals surface area (Å²) in [6.45, 7) is 14.0. The molecule has 3 fully saturated rings. The van der Waals surface area contributed by atoms with Gasteiger partial charge in [0.05, 0.1) is 12.7 Å². The quantitative estimate of drug-likeness (QED) is 0.328. The summed E-state index contributed by atoms with van der Waals surface area (Å²) in [6.07, 6.45) is 4.39. The number of halogens is 1. The number of ether oxygens (including phenoxy) is 3. The average Bonchev–Trinajstić information content (AvgIpc) is 3.25. The summed E-state index contributed by atoms with van der Waals surface area (Å²) in [7, 11) is 0.